The molecule has 2 aromatic rings. The maximum absolute atomic E-state index is 12.7. The zero-order valence-electron chi connectivity index (χ0n) is 17.3. The van der Waals surface area contributed by atoms with E-state index in [0.717, 1.165) is 11.1 Å². The zero-order valence-corrected chi connectivity index (χ0v) is 18.2. The minimum absolute atomic E-state index is 0.0502. The average molecular weight is 434 g/mol. The number of carbonyl (C=O) groups excluding carboxylic acids is 2. The Labute approximate surface area is 177 Å². The van der Waals surface area contributed by atoms with Crippen molar-refractivity contribution in [1.82, 2.24) is 4.90 Å². The lowest BCUT2D eigenvalue weighted by molar-refractivity contribution is -0.144. The van der Waals surface area contributed by atoms with Crippen molar-refractivity contribution in [3.05, 3.63) is 59.2 Å². The molecule has 0 aliphatic heterocycles. The number of sulfonamides is 1. The maximum atomic E-state index is 12.7. The summed E-state index contributed by atoms with van der Waals surface area (Å²) in [5, 5.41) is 7.96. The Bertz CT molecular complexity index is 1010. The number of esters is 1. The minimum atomic E-state index is -3.91. The lowest BCUT2D eigenvalue weighted by Crippen LogP contribution is -2.37. The SMILES string of the molecule is CCOC(=O)CN(CC(=O)Nc1cc(S(N)(=O)=O)cc(C)c1C)Cc1ccccc1. The van der Waals surface area contributed by atoms with Crippen LogP contribution in [0.15, 0.2) is 47.4 Å². The molecule has 3 N–H and O–H groups in total. The highest BCUT2D eigenvalue weighted by atomic mass is 32.2. The summed E-state index contributed by atoms with van der Waals surface area (Å²) in [6.45, 7) is 5.73. The van der Waals surface area contributed by atoms with E-state index in [1.165, 1.54) is 12.1 Å². The van der Waals surface area contributed by atoms with Gasteiger partial charge < -0.3 is 10.1 Å². The van der Waals surface area contributed by atoms with E-state index >= 15 is 0 Å². The van der Waals surface area contributed by atoms with Crippen molar-refractivity contribution in [3.63, 3.8) is 0 Å². The highest BCUT2D eigenvalue weighted by Crippen LogP contribution is 2.23. The van der Waals surface area contributed by atoms with E-state index in [0.29, 0.717) is 17.8 Å². The van der Waals surface area contributed by atoms with E-state index < -0.39 is 16.0 Å². The molecular formula is C21H27N3O5S. The second-order valence-corrected chi connectivity index (χ2v) is 8.50. The summed E-state index contributed by atoms with van der Waals surface area (Å²) in [5.74, 6) is -0.811. The largest absolute Gasteiger partial charge is 0.465 e. The van der Waals surface area contributed by atoms with Gasteiger partial charge in [-0.15, -0.1) is 0 Å². The Morgan fingerprint density at radius 3 is 2.37 bits per heavy atom. The first-order valence-electron chi connectivity index (χ1n) is 9.46. The number of hydrogen-bond donors (Lipinski definition) is 2. The van der Waals surface area contributed by atoms with Gasteiger partial charge in [-0.1, -0.05) is 30.3 Å². The van der Waals surface area contributed by atoms with Gasteiger partial charge in [0.05, 0.1) is 24.6 Å². The van der Waals surface area contributed by atoms with Crippen molar-refractivity contribution >= 4 is 27.6 Å². The standard InChI is InChI=1S/C21H27N3O5S/c1-4-29-21(26)14-24(12-17-8-6-5-7-9-17)13-20(25)23-19-11-18(30(22,27)28)10-15(2)16(19)3/h5-11H,4,12-14H2,1-3H3,(H,23,25)(H2,22,27,28). The third-order valence-electron chi connectivity index (χ3n) is 4.52. The molecule has 162 valence electrons. The van der Waals surface area contributed by atoms with Crippen LogP contribution in [0.3, 0.4) is 0 Å². The van der Waals surface area contributed by atoms with Gasteiger partial charge in [-0.2, -0.15) is 0 Å². The number of ether oxygens (including phenoxy) is 1. The third-order valence-corrected chi connectivity index (χ3v) is 5.41. The number of carbonyl (C=O) groups is 2. The van der Waals surface area contributed by atoms with Gasteiger partial charge in [0.25, 0.3) is 0 Å². The second-order valence-electron chi connectivity index (χ2n) is 6.94. The number of primary sulfonamides is 1. The van der Waals surface area contributed by atoms with Gasteiger partial charge in [0.2, 0.25) is 15.9 Å². The van der Waals surface area contributed by atoms with Crippen LogP contribution in [0, 0.1) is 13.8 Å². The smallest absolute Gasteiger partial charge is 0.320 e. The molecule has 2 aromatic carbocycles. The Morgan fingerprint density at radius 2 is 1.77 bits per heavy atom. The average Bonchev–Trinajstić information content (AvgIpc) is 2.65. The number of nitrogens with two attached hydrogens (primary N) is 1. The van der Waals surface area contributed by atoms with Crippen molar-refractivity contribution < 1.29 is 22.7 Å². The fourth-order valence-electron chi connectivity index (χ4n) is 2.91. The first-order valence-corrected chi connectivity index (χ1v) is 11.0. The summed E-state index contributed by atoms with van der Waals surface area (Å²) >= 11 is 0. The van der Waals surface area contributed by atoms with Crippen LogP contribution in [0.4, 0.5) is 5.69 Å². The molecule has 8 nitrogen and oxygen atoms in total. The quantitative estimate of drug-likeness (QED) is 0.584. The van der Waals surface area contributed by atoms with Crippen LogP contribution in [-0.2, 0) is 30.9 Å². The number of nitrogens with one attached hydrogen (secondary N) is 1. The van der Waals surface area contributed by atoms with Crippen LogP contribution in [0.2, 0.25) is 0 Å². The molecule has 0 saturated heterocycles. The fourth-order valence-corrected chi connectivity index (χ4v) is 3.53. The van der Waals surface area contributed by atoms with Crippen molar-refractivity contribution in [2.24, 2.45) is 5.14 Å². The van der Waals surface area contributed by atoms with E-state index in [1.807, 2.05) is 30.3 Å². The lowest BCUT2D eigenvalue weighted by Gasteiger charge is -2.21. The molecular weight excluding hydrogens is 406 g/mol. The van der Waals surface area contributed by atoms with Gasteiger partial charge in [0, 0.05) is 12.2 Å². The third kappa shape index (κ3) is 6.94. The molecule has 0 atom stereocenters. The van der Waals surface area contributed by atoms with E-state index in [1.54, 1.807) is 25.7 Å². The molecule has 30 heavy (non-hydrogen) atoms. The van der Waals surface area contributed by atoms with Crippen LogP contribution >= 0.6 is 0 Å². The Kier molecular flexibility index (Phi) is 8.10. The molecule has 0 aromatic heterocycles. The highest BCUT2D eigenvalue weighted by molar-refractivity contribution is 7.89. The van der Waals surface area contributed by atoms with Crippen LogP contribution in [0.1, 0.15) is 23.6 Å². The first kappa shape index (κ1) is 23.5. The fraction of sp³-hybridized carbons (Fsp3) is 0.333. The van der Waals surface area contributed by atoms with E-state index in [-0.39, 0.29) is 30.5 Å². The molecule has 0 unspecified atom stereocenters. The molecule has 0 spiro atoms. The van der Waals surface area contributed by atoms with Gasteiger partial charge in [-0.3, -0.25) is 14.5 Å². The molecule has 0 aliphatic rings. The van der Waals surface area contributed by atoms with Crippen LogP contribution < -0.4 is 10.5 Å². The summed E-state index contributed by atoms with van der Waals surface area (Å²) in [5.41, 5.74) is 2.72. The summed E-state index contributed by atoms with van der Waals surface area (Å²) < 4.78 is 28.4. The Balaban J connectivity index is 2.18. The highest BCUT2D eigenvalue weighted by Gasteiger charge is 2.18. The number of hydrogen-bond acceptors (Lipinski definition) is 6. The second kappa shape index (κ2) is 10.3. The van der Waals surface area contributed by atoms with Crippen molar-refractivity contribution in [2.75, 3.05) is 25.0 Å². The van der Waals surface area contributed by atoms with Gasteiger partial charge in [-0.25, -0.2) is 13.6 Å². The Hall–Kier alpha value is -2.75. The number of rotatable bonds is 9. The van der Waals surface area contributed by atoms with Crippen molar-refractivity contribution in [1.29, 1.82) is 0 Å². The van der Waals surface area contributed by atoms with Crippen molar-refractivity contribution in [2.45, 2.75) is 32.2 Å². The molecule has 0 fully saturated rings. The molecule has 0 bridgehead atoms. The van der Waals surface area contributed by atoms with Crippen LogP contribution in [0.5, 0.6) is 0 Å². The molecule has 1 amide bonds. The number of nitrogens with zero attached hydrogens (tertiary/aromatic N) is 1. The van der Waals surface area contributed by atoms with Gasteiger partial charge in [-0.05, 0) is 49.6 Å². The molecule has 0 saturated carbocycles. The number of benzene rings is 2. The van der Waals surface area contributed by atoms with Gasteiger partial charge in [0.15, 0.2) is 0 Å². The molecule has 9 heteroatoms. The number of aryl methyl sites for hydroxylation is 1. The topological polar surface area (TPSA) is 119 Å². The summed E-state index contributed by atoms with van der Waals surface area (Å²) in [4.78, 5) is 26.2. The monoisotopic (exact) mass is 433 g/mol. The molecule has 0 radical (unpaired) electrons. The van der Waals surface area contributed by atoms with Crippen molar-refractivity contribution in [3.8, 4) is 0 Å². The summed E-state index contributed by atoms with van der Waals surface area (Å²) in [7, 11) is -3.91. The molecule has 2 rings (SSSR count). The van der Waals surface area contributed by atoms with E-state index in [4.69, 9.17) is 9.88 Å². The normalized spacial score (nSPS) is 11.4. The first-order chi connectivity index (χ1) is 14.1. The number of anilines is 1. The Morgan fingerprint density at radius 1 is 1.10 bits per heavy atom. The molecule has 0 heterocycles. The minimum Gasteiger partial charge on any atom is -0.465 e. The summed E-state index contributed by atoms with van der Waals surface area (Å²) in [6, 6.07) is 12.2. The van der Waals surface area contributed by atoms with Crippen LogP contribution in [0.25, 0.3) is 0 Å². The van der Waals surface area contributed by atoms with Crippen LogP contribution in [-0.4, -0.2) is 44.9 Å². The van der Waals surface area contributed by atoms with E-state index in [9.17, 15) is 18.0 Å². The number of amides is 1. The predicted molar refractivity (Wildman–Crippen MR) is 114 cm³/mol. The predicted octanol–water partition coefficient (Wildman–Crippen LogP) is 1.95. The molecule has 0 aliphatic carbocycles. The maximum Gasteiger partial charge on any atom is 0.320 e. The van der Waals surface area contributed by atoms with Gasteiger partial charge >= 0.3 is 5.97 Å². The van der Waals surface area contributed by atoms with Gasteiger partial charge in [0.1, 0.15) is 0 Å². The zero-order chi connectivity index (χ0) is 22.3. The van der Waals surface area contributed by atoms with E-state index in [2.05, 4.69) is 5.32 Å². The lowest BCUT2D eigenvalue weighted by atomic mass is 10.1. The summed E-state index contributed by atoms with van der Waals surface area (Å²) in [6.07, 6.45) is 0.